The van der Waals surface area contributed by atoms with Crippen LogP contribution >= 0.6 is 0 Å². The van der Waals surface area contributed by atoms with Gasteiger partial charge in [-0.3, -0.25) is 4.57 Å². The number of rotatable bonds is 5. The van der Waals surface area contributed by atoms with Crippen molar-refractivity contribution in [3.63, 3.8) is 0 Å². The highest BCUT2D eigenvalue weighted by atomic mass is 19.1. The quantitative estimate of drug-likeness (QED) is 0.442. The lowest BCUT2D eigenvalue weighted by Gasteiger charge is -2.33. The van der Waals surface area contributed by atoms with Crippen molar-refractivity contribution in [3.8, 4) is 5.95 Å². The molecule has 2 N–H and O–H groups in total. The number of hydrogen-bond donors (Lipinski definition) is 2. The summed E-state index contributed by atoms with van der Waals surface area (Å²) in [5.41, 5.74) is 3.69. The predicted molar refractivity (Wildman–Crippen MR) is 136 cm³/mol. The zero-order valence-electron chi connectivity index (χ0n) is 20.2. The number of hydrogen-bond acceptors (Lipinski definition) is 8. The van der Waals surface area contributed by atoms with Gasteiger partial charge in [-0.2, -0.15) is 15.0 Å². The van der Waals surface area contributed by atoms with E-state index in [1.165, 1.54) is 17.7 Å². The standard InChI is InChI=1S/C26H29FN8O/c1-17-2-5-19(6-3-17)30-20-8-11-34(12-9-20)25-31-24(23-15-28-10-13-36-23)32-26(33-25)35-16-29-21-14-18(27)4-7-22(21)35/h2-7,14,16,20,23,28,30H,8-13,15H2,1H3. The molecule has 0 amide bonds. The minimum atomic E-state index is -0.325. The van der Waals surface area contributed by atoms with Crippen LogP contribution in [0.4, 0.5) is 16.0 Å². The molecule has 0 radical (unpaired) electrons. The highest BCUT2D eigenvalue weighted by molar-refractivity contribution is 5.76. The molecular formula is C26H29FN8O. The maximum atomic E-state index is 13.7. The summed E-state index contributed by atoms with van der Waals surface area (Å²) in [6, 6.07) is 13.4. The van der Waals surface area contributed by atoms with Crippen molar-refractivity contribution < 1.29 is 9.13 Å². The topological polar surface area (TPSA) is 93.0 Å². The molecule has 2 aliphatic rings. The Kier molecular flexibility index (Phi) is 6.20. The first kappa shape index (κ1) is 22.8. The fourth-order valence-electron chi connectivity index (χ4n) is 4.75. The normalized spacial score (nSPS) is 19.1. The summed E-state index contributed by atoms with van der Waals surface area (Å²) in [4.78, 5) is 21.0. The summed E-state index contributed by atoms with van der Waals surface area (Å²) in [5, 5.41) is 7.00. The third-order valence-electron chi connectivity index (χ3n) is 6.77. The van der Waals surface area contributed by atoms with E-state index in [1.807, 2.05) is 0 Å². The highest BCUT2D eigenvalue weighted by Gasteiger charge is 2.26. The van der Waals surface area contributed by atoms with Gasteiger partial charge in [0.1, 0.15) is 18.2 Å². The van der Waals surface area contributed by atoms with Crippen molar-refractivity contribution in [1.29, 1.82) is 0 Å². The lowest BCUT2D eigenvalue weighted by Crippen LogP contribution is -2.40. The second-order valence-corrected chi connectivity index (χ2v) is 9.38. The lowest BCUT2D eigenvalue weighted by atomic mass is 10.0. The van der Waals surface area contributed by atoms with E-state index in [1.54, 1.807) is 17.0 Å². The van der Waals surface area contributed by atoms with Crippen LogP contribution < -0.4 is 15.5 Å². The Labute approximate surface area is 208 Å². The van der Waals surface area contributed by atoms with Crippen molar-refractivity contribution in [2.24, 2.45) is 0 Å². The predicted octanol–water partition coefficient (Wildman–Crippen LogP) is 3.40. The fourth-order valence-corrected chi connectivity index (χ4v) is 4.75. The van der Waals surface area contributed by atoms with Crippen LogP contribution in [0.15, 0.2) is 48.8 Å². The zero-order chi connectivity index (χ0) is 24.5. The number of ether oxygens (including phenoxy) is 1. The van der Waals surface area contributed by atoms with Crippen molar-refractivity contribution in [2.45, 2.75) is 31.9 Å². The Hall–Kier alpha value is -3.63. The molecule has 186 valence electrons. The molecule has 6 rings (SSSR count). The summed E-state index contributed by atoms with van der Waals surface area (Å²) in [6.45, 7) is 5.79. The summed E-state index contributed by atoms with van der Waals surface area (Å²) in [7, 11) is 0. The molecule has 4 heterocycles. The molecule has 4 aromatic rings. The van der Waals surface area contributed by atoms with Crippen molar-refractivity contribution in [1.82, 2.24) is 29.8 Å². The van der Waals surface area contributed by atoms with E-state index >= 15 is 0 Å². The van der Waals surface area contributed by atoms with Gasteiger partial charge in [-0.1, -0.05) is 17.7 Å². The van der Waals surface area contributed by atoms with Crippen LogP contribution in [0.3, 0.4) is 0 Å². The van der Waals surface area contributed by atoms with Gasteiger partial charge >= 0.3 is 0 Å². The second-order valence-electron chi connectivity index (χ2n) is 9.38. The Morgan fingerprint density at radius 3 is 2.61 bits per heavy atom. The molecule has 2 aromatic heterocycles. The van der Waals surface area contributed by atoms with E-state index in [2.05, 4.69) is 51.7 Å². The number of fused-ring (bicyclic) bond motifs is 1. The van der Waals surface area contributed by atoms with Crippen LogP contribution in [0.5, 0.6) is 0 Å². The molecule has 1 unspecified atom stereocenters. The molecule has 2 aromatic carbocycles. The van der Waals surface area contributed by atoms with Gasteiger partial charge in [-0.25, -0.2) is 9.37 Å². The molecule has 0 spiro atoms. The van der Waals surface area contributed by atoms with Crippen LogP contribution in [-0.2, 0) is 4.74 Å². The molecule has 2 aliphatic heterocycles. The number of nitrogens with zero attached hydrogens (tertiary/aromatic N) is 6. The van der Waals surface area contributed by atoms with Gasteiger partial charge in [0.2, 0.25) is 11.9 Å². The molecule has 9 nitrogen and oxygen atoms in total. The van der Waals surface area contributed by atoms with E-state index in [9.17, 15) is 4.39 Å². The lowest BCUT2D eigenvalue weighted by molar-refractivity contribution is 0.0220. The van der Waals surface area contributed by atoms with Crippen LogP contribution in [0.25, 0.3) is 17.0 Å². The van der Waals surface area contributed by atoms with E-state index in [0.717, 1.165) is 43.7 Å². The first-order chi connectivity index (χ1) is 17.6. The molecule has 0 saturated carbocycles. The molecule has 2 fully saturated rings. The summed E-state index contributed by atoms with van der Waals surface area (Å²) < 4.78 is 21.5. The molecule has 2 saturated heterocycles. The maximum absolute atomic E-state index is 13.7. The Bertz CT molecular complexity index is 1340. The molecule has 0 aliphatic carbocycles. The molecule has 36 heavy (non-hydrogen) atoms. The third kappa shape index (κ3) is 4.74. The van der Waals surface area contributed by atoms with Crippen LogP contribution in [0.1, 0.15) is 30.3 Å². The van der Waals surface area contributed by atoms with E-state index in [-0.39, 0.29) is 11.9 Å². The third-order valence-corrected chi connectivity index (χ3v) is 6.77. The van der Waals surface area contributed by atoms with E-state index < -0.39 is 0 Å². The van der Waals surface area contributed by atoms with Crippen molar-refractivity contribution in [3.05, 3.63) is 66.0 Å². The van der Waals surface area contributed by atoms with Crippen LogP contribution in [0, 0.1) is 12.7 Å². The van der Waals surface area contributed by atoms with E-state index in [0.29, 0.717) is 42.4 Å². The Morgan fingerprint density at radius 1 is 1.03 bits per heavy atom. The van der Waals surface area contributed by atoms with Gasteiger partial charge in [0.05, 0.1) is 17.6 Å². The molecule has 0 bridgehead atoms. The highest BCUT2D eigenvalue weighted by Crippen LogP contribution is 2.25. The van der Waals surface area contributed by atoms with Gasteiger partial charge < -0.3 is 20.3 Å². The van der Waals surface area contributed by atoms with E-state index in [4.69, 9.17) is 19.7 Å². The van der Waals surface area contributed by atoms with Crippen molar-refractivity contribution >= 4 is 22.7 Å². The number of piperidine rings is 1. The van der Waals surface area contributed by atoms with Gasteiger partial charge in [-0.05, 0) is 44.0 Å². The maximum Gasteiger partial charge on any atom is 0.240 e. The molecule has 10 heteroatoms. The van der Waals surface area contributed by atoms with Gasteiger partial charge in [-0.15, -0.1) is 0 Å². The minimum Gasteiger partial charge on any atom is -0.382 e. The van der Waals surface area contributed by atoms with Crippen LogP contribution in [0.2, 0.25) is 0 Å². The first-order valence-electron chi connectivity index (χ1n) is 12.4. The number of morpholine rings is 1. The van der Waals surface area contributed by atoms with Crippen LogP contribution in [-0.4, -0.2) is 63.3 Å². The average molecular weight is 489 g/mol. The smallest absolute Gasteiger partial charge is 0.240 e. The number of aryl methyl sites for hydroxylation is 1. The Morgan fingerprint density at radius 2 is 1.83 bits per heavy atom. The molecular weight excluding hydrogens is 459 g/mol. The second kappa shape index (κ2) is 9.79. The minimum absolute atomic E-state index is 0.257. The first-order valence-corrected chi connectivity index (χ1v) is 12.4. The zero-order valence-corrected chi connectivity index (χ0v) is 20.2. The largest absolute Gasteiger partial charge is 0.382 e. The molecule has 1 atom stereocenters. The number of imidazole rings is 1. The summed E-state index contributed by atoms with van der Waals surface area (Å²) in [5.74, 6) is 1.35. The number of anilines is 2. The number of nitrogens with one attached hydrogen (secondary N) is 2. The SMILES string of the molecule is Cc1ccc(NC2CCN(c3nc(C4CNCCO4)nc(-n4cnc5cc(F)ccc54)n3)CC2)cc1. The number of halogens is 1. The summed E-state index contributed by atoms with van der Waals surface area (Å²) in [6.07, 6.45) is 3.31. The monoisotopic (exact) mass is 488 g/mol. The van der Waals surface area contributed by atoms with Gasteiger partial charge in [0, 0.05) is 44.0 Å². The summed E-state index contributed by atoms with van der Waals surface area (Å²) >= 11 is 0. The van der Waals surface area contributed by atoms with Crippen molar-refractivity contribution in [2.75, 3.05) is 43.0 Å². The van der Waals surface area contributed by atoms with Gasteiger partial charge in [0.15, 0.2) is 5.82 Å². The number of benzene rings is 2. The number of aromatic nitrogens is 5. The fraction of sp³-hybridized carbons (Fsp3) is 0.385. The average Bonchev–Trinajstić information content (AvgIpc) is 3.34. The van der Waals surface area contributed by atoms with Gasteiger partial charge in [0.25, 0.3) is 0 Å². The Balaban J connectivity index is 1.27.